The first-order valence-corrected chi connectivity index (χ1v) is 7.09. The van der Waals surface area contributed by atoms with Crippen LogP contribution in [-0.2, 0) is 6.54 Å². The topological polar surface area (TPSA) is 53.2 Å². The molecule has 0 radical (unpaired) electrons. The van der Waals surface area contributed by atoms with E-state index >= 15 is 0 Å². The molecule has 0 aliphatic carbocycles. The van der Waals surface area contributed by atoms with E-state index in [-0.39, 0.29) is 6.03 Å². The van der Waals surface area contributed by atoms with Gasteiger partial charge in [-0.2, -0.15) is 0 Å². The molecule has 2 amide bonds. The van der Waals surface area contributed by atoms with Gasteiger partial charge in [0.2, 0.25) is 0 Å². The normalized spacial score (nSPS) is 18.9. The highest BCUT2D eigenvalue weighted by molar-refractivity contribution is 6.31. The van der Waals surface area contributed by atoms with E-state index in [1.807, 2.05) is 24.3 Å². The Labute approximate surface area is 118 Å². The second-order valence-corrected chi connectivity index (χ2v) is 5.27. The zero-order valence-electron chi connectivity index (χ0n) is 10.9. The SMILES string of the molecule is O=C(NCc1ccccc1Cl)NCC1CCCNC1. The lowest BCUT2D eigenvalue weighted by atomic mass is 10.00. The Hall–Kier alpha value is -1.26. The molecule has 104 valence electrons. The van der Waals surface area contributed by atoms with Crippen molar-refractivity contribution in [3.8, 4) is 0 Å². The summed E-state index contributed by atoms with van der Waals surface area (Å²) in [5, 5.41) is 9.75. The predicted molar refractivity (Wildman–Crippen MR) is 77.3 cm³/mol. The van der Waals surface area contributed by atoms with Crippen LogP contribution < -0.4 is 16.0 Å². The van der Waals surface area contributed by atoms with Gasteiger partial charge in [-0.05, 0) is 43.5 Å². The van der Waals surface area contributed by atoms with Crippen LogP contribution in [0, 0.1) is 5.92 Å². The van der Waals surface area contributed by atoms with E-state index in [1.165, 1.54) is 12.8 Å². The van der Waals surface area contributed by atoms with Crippen molar-refractivity contribution in [2.24, 2.45) is 5.92 Å². The van der Waals surface area contributed by atoms with Crippen molar-refractivity contribution < 1.29 is 4.79 Å². The van der Waals surface area contributed by atoms with Gasteiger partial charge < -0.3 is 16.0 Å². The number of hydrogen-bond donors (Lipinski definition) is 3. The molecule has 1 aliphatic rings. The second kappa shape index (κ2) is 7.36. The number of nitrogens with one attached hydrogen (secondary N) is 3. The van der Waals surface area contributed by atoms with Crippen LogP contribution >= 0.6 is 11.6 Å². The quantitative estimate of drug-likeness (QED) is 0.792. The molecule has 4 nitrogen and oxygen atoms in total. The Morgan fingerprint density at radius 3 is 2.95 bits per heavy atom. The molecule has 0 aromatic heterocycles. The van der Waals surface area contributed by atoms with Gasteiger partial charge in [-0.1, -0.05) is 29.8 Å². The van der Waals surface area contributed by atoms with E-state index in [0.717, 1.165) is 25.2 Å². The summed E-state index contributed by atoms with van der Waals surface area (Å²) in [6.07, 6.45) is 2.37. The third-order valence-corrected chi connectivity index (χ3v) is 3.72. The number of hydrogen-bond acceptors (Lipinski definition) is 2. The van der Waals surface area contributed by atoms with Crippen molar-refractivity contribution >= 4 is 17.6 Å². The van der Waals surface area contributed by atoms with Gasteiger partial charge >= 0.3 is 6.03 Å². The fraction of sp³-hybridized carbons (Fsp3) is 0.500. The van der Waals surface area contributed by atoms with E-state index in [0.29, 0.717) is 17.5 Å². The maximum Gasteiger partial charge on any atom is 0.315 e. The summed E-state index contributed by atoms with van der Waals surface area (Å²) in [5.74, 6) is 0.541. The number of amides is 2. The summed E-state index contributed by atoms with van der Waals surface area (Å²) < 4.78 is 0. The molecule has 3 N–H and O–H groups in total. The Balaban J connectivity index is 1.68. The van der Waals surface area contributed by atoms with Crippen LogP contribution in [0.25, 0.3) is 0 Å². The fourth-order valence-corrected chi connectivity index (χ4v) is 2.42. The molecule has 1 saturated heterocycles. The number of piperidine rings is 1. The van der Waals surface area contributed by atoms with Crippen molar-refractivity contribution in [3.63, 3.8) is 0 Å². The average Bonchev–Trinajstić information content (AvgIpc) is 2.45. The minimum absolute atomic E-state index is 0.134. The number of halogens is 1. The van der Waals surface area contributed by atoms with E-state index < -0.39 is 0 Å². The Bertz CT molecular complexity index is 419. The van der Waals surface area contributed by atoms with Crippen molar-refractivity contribution in [2.75, 3.05) is 19.6 Å². The molecule has 1 aromatic rings. The lowest BCUT2D eigenvalue weighted by Crippen LogP contribution is -2.41. The van der Waals surface area contributed by atoms with Crippen molar-refractivity contribution in [1.82, 2.24) is 16.0 Å². The molecule has 2 rings (SSSR count). The van der Waals surface area contributed by atoms with Gasteiger partial charge in [0.25, 0.3) is 0 Å². The Morgan fingerprint density at radius 2 is 2.21 bits per heavy atom. The largest absolute Gasteiger partial charge is 0.338 e. The van der Waals surface area contributed by atoms with Gasteiger partial charge in [-0.3, -0.25) is 0 Å². The zero-order chi connectivity index (χ0) is 13.5. The van der Waals surface area contributed by atoms with Gasteiger partial charge in [0, 0.05) is 18.1 Å². The van der Waals surface area contributed by atoms with Gasteiger partial charge in [-0.25, -0.2) is 4.79 Å². The van der Waals surface area contributed by atoms with Gasteiger partial charge in [0.15, 0.2) is 0 Å². The summed E-state index contributed by atoms with van der Waals surface area (Å²) in [4.78, 5) is 11.7. The van der Waals surface area contributed by atoms with Crippen molar-refractivity contribution in [1.29, 1.82) is 0 Å². The molecule has 5 heteroatoms. The third kappa shape index (κ3) is 4.73. The monoisotopic (exact) mass is 281 g/mol. The third-order valence-electron chi connectivity index (χ3n) is 3.35. The van der Waals surface area contributed by atoms with E-state index in [2.05, 4.69) is 16.0 Å². The van der Waals surface area contributed by atoms with Crippen molar-refractivity contribution in [2.45, 2.75) is 19.4 Å². The molecule has 19 heavy (non-hydrogen) atoms. The van der Waals surface area contributed by atoms with E-state index in [4.69, 9.17) is 11.6 Å². The zero-order valence-corrected chi connectivity index (χ0v) is 11.7. The van der Waals surface area contributed by atoms with Gasteiger partial charge in [-0.15, -0.1) is 0 Å². The van der Waals surface area contributed by atoms with Crippen LogP contribution in [0.4, 0.5) is 4.79 Å². The van der Waals surface area contributed by atoms with E-state index in [1.54, 1.807) is 0 Å². The molecule has 0 spiro atoms. The summed E-state index contributed by atoms with van der Waals surface area (Å²) in [6.45, 7) is 3.26. The Kier molecular flexibility index (Phi) is 5.48. The lowest BCUT2D eigenvalue weighted by molar-refractivity contribution is 0.236. The summed E-state index contributed by atoms with van der Waals surface area (Å²) >= 11 is 6.03. The van der Waals surface area contributed by atoms with Gasteiger partial charge in [0.05, 0.1) is 0 Å². The molecule has 1 atom stereocenters. The molecular formula is C14H20ClN3O. The molecule has 0 bridgehead atoms. The molecule has 1 aromatic carbocycles. The predicted octanol–water partition coefficient (Wildman–Crippen LogP) is 2.14. The summed E-state index contributed by atoms with van der Waals surface area (Å²) in [7, 11) is 0. The van der Waals surface area contributed by atoms with Crippen molar-refractivity contribution in [3.05, 3.63) is 34.9 Å². The molecular weight excluding hydrogens is 262 g/mol. The van der Waals surface area contributed by atoms with Crippen LogP contribution in [0.3, 0.4) is 0 Å². The number of rotatable bonds is 4. The molecule has 1 aliphatic heterocycles. The highest BCUT2D eigenvalue weighted by Gasteiger charge is 2.13. The second-order valence-electron chi connectivity index (χ2n) is 4.87. The first kappa shape index (κ1) is 14.2. The number of benzene rings is 1. The number of carbonyl (C=O) groups excluding carboxylic acids is 1. The maximum atomic E-state index is 11.7. The molecule has 0 saturated carbocycles. The highest BCUT2D eigenvalue weighted by Crippen LogP contribution is 2.14. The van der Waals surface area contributed by atoms with Crippen LogP contribution in [0.15, 0.2) is 24.3 Å². The highest BCUT2D eigenvalue weighted by atomic mass is 35.5. The van der Waals surface area contributed by atoms with Gasteiger partial charge in [0.1, 0.15) is 0 Å². The number of carbonyl (C=O) groups is 1. The summed E-state index contributed by atoms with van der Waals surface area (Å²) in [5.41, 5.74) is 0.929. The number of urea groups is 1. The summed E-state index contributed by atoms with van der Waals surface area (Å²) in [6, 6.07) is 7.39. The Morgan fingerprint density at radius 1 is 1.37 bits per heavy atom. The van der Waals surface area contributed by atoms with Crippen LogP contribution in [0.1, 0.15) is 18.4 Å². The van der Waals surface area contributed by atoms with Crippen LogP contribution in [-0.4, -0.2) is 25.7 Å². The first-order valence-electron chi connectivity index (χ1n) is 6.71. The molecule has 1 unspecified atom stereocenters. The first-order chi connectivity index (χ1) is 9.25. The molecule has 1 fully saturated rings. The minimum atomic E-state index is -0.134. The molecule has 1 heterocycles. The average molecular weight is 282 g/mol. The van der Waals surface area contributed by atoms with Crippen LogP contribution in [0.2, 0.25) is 5.02 Å². The smallest absolute Gasteiger partial charge is 0.315 e. The minimum Gasteiger partial charge on any atom is -0.338 e. The van der Waals surface area contributed by atoms with Crippen LogP contribution in [0.5, 0.6) is 0 Å². The maximum absolute atomic E-state index is 11.7. The van der Waals surface area contributed by atoms with E-state index in [9.17, 15) is 4.79 Å². The standard InChI is InChI=1S/C14H20ClN3O/c15-13-6-2-1-5-12(13)10-18-14(19)17-9-11-4-3-7-16-8-11/h1-2,5-6,11,16H,3-4,7-10H2,(H2,17,18,19). The fourth-order valence-electron chi connectivity index (χ4n) is 2.22. The lowest BCUT2D eigenvalue weighted by Gasteiger charge is -2.22.